The van der Waals surface area contributed by atoms with E-state index < -0.39 is 0 Å². The van der Waals surface area contributed by atoms with Crippen molar-refractivity contribution in [2.45, 2.75) is 5.92 Å². The fraction of sp³-hybridized carbons (Fsp3) is 0.0426. The molecular formula is C47H29N3O2. The van der Waals surface area contributed by atoms with Gasteiger partial charge in [-0.15, -0.1) is 0 Å². The van der Waals surface area contributed by atoms with E-state index in [1.54, 1.807) is 0 Å². The predicted molar refractivity (Wildman–Crippen MR) is 210 cm³/mol. The lowest BCUT2D eigenvalue weighted by Crippen LogP contribution is -2.13. The molecule has 0 amide bonds. The standard InChI is InChI=1S/C47H29N3O2/c1-2-10-28(11-3-1)33-26-39(44-37-15-7-9-17-41(37)52-43(44)27-33)47-49-45(31-20-22-35-30(24-31)19-18-29-12-4-5-13-34(29)35)48-46(50-47)32-21-23-42-38(25-32)36-14-6-8-16-40(36)51-42/h1-27,29,34H. The van der Waals surface area contributed by atoms with Gasteiger partial charge in [0.25, 0.3) is 0 Å². The summed E-state index contributed by atoms with van der Waals surface area (Å²) in [5.41, 5.74) is 10.6. The highest BCUT2D eigenvalue weighted by atomic mass is 16.3. The molecule has 0 N–H and O–H groups in total. The zero-order chi connectivity index (χ0) is 34.2. The van der Waals surface area contributed by atoms with E-state index in [2.05, 4.69) is 109 Å². The van der Waals surface area contributed by atoms with Crippen LogP contribution < -0.4 is 0 Å². The highest BCUT2D eigenvalue weighted by Gasteiger charge is 2.25. The van der Waals surface area contributed by atoms with E-state index in [0.717, 1.165) is 71.7 Å². The van der Waals surface area contributed by atoms with E-state index in [-0.39, 0.29) is 0 Å². The maximum absolute atomic E-state index is 6.49. The van der Waals surface area contributed by atoms with Crippen molar-refractivity contribution in [1.82, 2.24) is 15.0 Å². The van der Waals surface area contributed by atoms with Gasteiger partial charge in [0, 0.05) is 50.1 Å². The topological polar surface area (TPSA) is 65.0 Å². The Bertz CT molecular complexity index is 2980. The Morgan fingerprint density at radius 3 is 1.98 bits per heavy atom. The number of rotatable bonds is 4. The van der Waals surface area contributed by atoms with Gasteiger partial charge in [0.05, 0.1) is 0 Å². The molecule has 0 spiro atoms. The fourth-order valence-corrected chi connectivity index (χ4v) is 7.94. The molecule has 0 saturated heterocycles. The first-order chi connectivity index (χ1) is 25.7. The monoisotopic (exact) mass is 667 g/mol. The minimum Gasteiger partial charge on any atom is -0.456 e. The van der Waals surface area contributed by atoms with Crippen molar-refractivity contribution in [2.75, 3.05) is 0 Å². The molecule has 5 heteroatoms. The van der Waals surface area contributed by atoms with Gasteiger partial charge in [-0.05, 0) is 70.8 Å². The fourth-order valence-electron chi connectivity index (χ4n) is 7.94. The van der Waals surface area contributed by atoms with Gasteiger partial charge in [0.15, 0.2) is 17.5 Å². The van der Waals surface area contributed by atoms with Crippen LogP contribution in [0.15, 0.2) is 167 Å². The number of hydrogen-bond acceptors (Lipinski definition) is 5. The van der Waals surface area contributed by atoms with E-state index in [9.17, 15) is 0 Å². The summed E-state index contributed by atoms with van der Waals surface area (Å²) in [7, 11) is 0. The molecular weight excluding hydrogens is 639 g/mol. The SMILES string of the molecule is C1=CC2C=Cc3cc(-c4nc(-c5ccc6oc7ccccc7c6c5)nc(-c5cc(-c6ccccc6)cc6oc7ccccc7c56)n4)ccc3C2C=C1. The number of allylic oxidation sites excluding steroid dienone is 5. The van der Waals surface area contributed by atoms with Crippen LogP contribution >= 0.6 is 0 Å². The molecule has 2 unspecified atom stereocenters. The maximum Gasteiger partial charge on any atom is 0.164 e. The van der Waals surface area contributed by atoms with Crippen LogP contribution in [-0.4, -0.2) is 15.0 Å². The van der Waals surface area contributed by atoms with Gasteiger partial charge in [0.2, 0.25) is 0 Å². The Hall–Kier alpha value is -6.85. The summed E-state index contributed by atoms with van der Waals surface area (Å²) in [6.45, 7) is 0. The lowest BCUT2D eigenvalue weighted by atomic mass is 9.77. The van der Waals surface area contributed by atoms with E-state index >= 15 is 0 Å². The van der Waals surface area contributed by atoms with Crippen molar-refractivity contribution >= 4 is 50.0 Å². The minimum absolute atomic E-state index is 0.323. The summed E-state index contributed by atoms with van der Waals surface area (Å²) in [4.78, 5) is 15.7. The van der Waals surface area contributed by atoms with Crippen molar-refractivity contribution < 1.29 is 8.83 Å². The van der Waals surface area contributed by atoms with Gasteiger partial charge < -0.3 is 8.83 Å². The van der Waals surface area contributed by atoms with E-state index in [1.807, 2.05) is 54.6 Å². The van der Waals surface area contributed by atoms with Crippen molar-refractivity contribution in [3.05, 3.63) is 169 Å². The van der Waals surface area contributed by atoms with Gasteiger partial charge in [-0.1, -0.05) is 115 Å². The van der Waals surface area contributed by atoms with E-state index in [4.69, 9.17) is 23.8 Å². The second kappa shape index (κ2) is 11.3. The van der Waals surface area contributed by atoms with Crippen molar-refractivity contribution in [3.8, 4) is 45.3 Å². The largest absolute Gasteiger partial charge is 0.456 e. The number of fused-ring (bicyclic) bond motifs is 9. The smallest absolute Gasteiger partial charge is 0.164 e. The molecule has 52 heavy (non-hydrogen) atoms. The molecule has 9 aromatic rings. The molecule has 2 aliphatic rings. The van der Waals surface area contributed by atoms with Crippen LogP contribution in [0, 0.1) is 5.92 Å². The number of furan rings is 2. The van der Waals surface area contributed by atoms with Crippen LogP contribution in [0.1, 0.15) is 17.0 Å². The number of benzene rings is 6. The van der Waals surface area contributed by atoms with Crippen LogP contribution in [0.4, 0.5) is 0 Å². The maximum atomic E-state index is 6.49. The lowest BCUT2D eigenvalue weighted by Gasteiger charge is -2.27. The summed E-state index contributed by atoms with van der Waals surface area (Å²) in [5.74, 6) is 2.48. The van der Waals surface area contributed by atoms with Crippen LogP contribution in [0.3, 0.4) is 0 Å². The molecule has 0 saturated carbocycles. The molecule has 2 atom stereocenters. The third kappa shape index (κ3) is 4.60. The molecule has 5 nitrogen and oxygen atoms in total. The second-order valence-electron chi connectivity index (χ2n) is 13.6. The molecule has 3 heterocycles. The summed E-state index contributed by atoms with van der Waals surface area (Å²) in [5, 5.41) is 4.08. The zero-order valence-corrected chi connectivity index (χ0v) is 27.9. The number of para-hydroxylation sites is 2. The number of nitrogens with zero attached hydrogens (tertiary/aromatic N) is 3. The summed E-state index contributed by atoms with van der Waals surface area (Å²) in [6, 6.07) is 43.8. The predicted octanol–water partition coefficient (Wildman–Crippen LogP) is 12.2. The average Bonchev–Trinajstić information content (AvgIpc) is 3.78. The van der Waals surface area contributed by atoms with E-state index in [1.165, 1.54) is 11.1 Å². The van der Waals surface area contributed by atoms with Crippen LogP contribution in [-0.2, 0) is 0 Å². The van der Waals surface area contributed by atoms with Gasteiger partial charge in [-0.2, -0.15) is 0 Å². The number of hydrogen-bond donors (Lipinski definition) is 0. The molecule has 0 fully saturated rings. The first-order valence-electron chi connectivity index (χ1n) is 17.6. The zero-order valence-electron chi connectivity index (χ0n) is 27.9. The van der Waals surface area contributed by atoms with Gasteiger partial charge in [-0.25, -0.2) is 15.0 Å². The Labute approximate surface area is 298 Å². The molecule has 6 aromatic carbocycles. The highest BCUT2D eigenvalue weighted by Crippen LogP contribution is 2.42. The highest BCUT2D eigenvalue weighted by molar-refractivity contribution is 6.13. The van der Waals surface area contributed by atoms with Crippen LogP contribution in [0.2, 0.25) is 0 Å². The Kier molecular flexibility index (Phi) is 6.31. The number of aromatic nitrogens is 3. The van der Waals surface area contributed by atoms with Crippen molar-refractivity contribution in [2.24, 2.45) is 5.92 Å². The lowest BCUT2D eigenvalue weighted by molar-refractivity contribution is 0.668. The van der Waals surface area contributed by atoms with Gasteiger partial charge in [-0.3, -0.25) is 0 Å². The summed E-state index contributed by atoms with van der Waals surface area (Å²) < 4.78 is 12.7. The summed E-state index contributed by atoms with van der Waals surface area (Å²) >= 11 is 0. The van der Waals surface area contributed by atoms with Gasteiger partial charge >= 0.3 is 0 Å². The molecule has 3 aromatic heterocycles. The Morgan fingerprint density at radius 1 is 0.442 bits per heavy atom. The third-order valence-electron chi connectivity index (χ3n) is 10.5. The normalized spacial score (nSPS) is 16.2. The van der Waals surface area contributed by atoms with Crippen molar-refractivity contribution in [3.63, 3.8) is 0 Å². The molecule has 0 radical (unpaired) electrons. The second-order valence-corrected chi connectivity index (χ2v) is 13.6. The van der Waals surface area contributed by atoms with Crippen LogP contribution in [0.25, 0.3) is 95.2 Å². The molecule has 0 bridgehead atoms. The molecule has 0 aliphatic heterocycles. The Balaban J connectivity index is 1.17. The Morgan fingerprint density at radius 2 is 1.12 bits per heavy atom. The van der Waals surface area contributed by atoms with Gasteiger partial charge in [0.1, 0.15) is 22.3 Å². The molecule has 244 valence electrons. The summed E-state index contributed by atoms with van der Waals surface area (Å²) in [6.07, 6.45) is 13.4. The van der Waals surface area contributed by atoms with E-state index in [0.29, 0.717) is 29.3 Å². The molecule has 11 rings (SSSR count). The first-order valence-corrected chi connectivity index (χ1v) is 17.6. The quantitative estimate of drug-likeness (QED) is 0.187. The van der Waals surface area contributed by atoms with Crippen LogP contribution in [0.5, 0.6) is 0 Å². The minimum atomic E-state index is 0.323. The third-order valence-corrected chi connectivity index (χ3v) is 10.5. The average molecular weight is 668 g/mol. The first kappa shape index (κ1) is 28.9. The molecule has 2 aliphatic carbocycles. The van der Waals surface area contributed by atoms with Crippen molar-refractivity contribution in [1.29, 1.82) is 0 Å².